The Morgan fingerprint density at radius 2 is 1.68 bits per heavy atom. The van der Waals surface area contributed by atoms with Crippen molar-refractivity contribution in [3.8, 4) is 0 Å². The van der Waals surface area contributed by atoms with Gasteiger partial charge >= 0.3 is 6.18 Å². The fourth-order valence-corrected chi connectivity index (χ4v) is 2.87. The van der Waals surface area contributed by atoms with Gasteiger partial charge in [-0.3, -0.25) is 9.59 Å². The van der Waals surface area contributed by atoms with Crippen LogP contribution in [-0.2, 0) is 0 Å². The van der Waals surface area contributed by atoms with Crippen molar-refractivity contribution in [2.45, 2.75) is 18.6 Å². The monoisotopic (exact) mass is 345 g/mol. The number of hydrogen-bond acceptors (Lipinski definition) is 2. The van der Waals surface area contributed by atoms with Crippen LogP contribution in [0.5, 0.6) is 0 Å². The number of fused-ring (bicyclic) bond motifs is 1. The molecule has 6 heteroatoms. The van der Waals surface area contributed by atoms with Gasteiger partial charge in [0.15, 0.2) is 12.1 Å². The van der Waals surface area contributed by atoms with Crippen molar-refractivity contribution >= 4 is 23.0 Å². The maximum absolute atomic E-state index is 13.7. The molecule has 3 nitrogen and oxygen atoms in total. The zero-order valence-corrected chi connectivity index (χ0v) is 13.0. The van der Waals surface area contributed by atoms with Gasteiger partial charge in [0.2, 0.25) is 0 Å². The average Bonchev–Trinajstić information content (AvgIpc) is 2.97. The number of nitrogens with zero attached hydrogens (tertiary/aromatic N) is 1. The van der Waals surface area contributed by atoms with Crippen LogP contribution in [-0.4, -0.2) is 22.8 Å². The van der Waals surface area contributed by atoms with Crippen LogP contribution in [0.3, 0.4) is 0 Å². The molecule has 1 atom stereocenters. The molecule has 25 heavy (non-hydrogen) atoms. The molecule has 3 rings (SSSR count). The molecular formula is C19H14F3NO2. The Morgan fingerprint density at radius 3 is 2.32 bits per heavy atom. The maximum Gasteiger partial charge on any atom is 0.409 e. The summed E-state index contributed by atoms with van der Waals surface area (Å²) in [4.78, 5) is 23.5. The van der Waals surface area contributed by atoms with Gasteiger partial charge in [-0.1, -0.05) is 48.5 Å². The molecule has 1 heterocycles. The predicted molar refractivity (Wildman–Crippen MR) is 87.8 cm³/mol. The van der Waals surface area contributed by atoms with E-state index in [-0.39, 0.29) is 16.6 Å². The Bertz CT molecular complexity index is 913. The molecule has 0 spiro atoms. The first-order valence-corrected chi connectivity index (χ1v) is 7.61. The second kappa shape index (κ2) is 6.55. The predicted octanol–water partition coefficient (Wildman–Crippen LogP) is 4.83. The summed E-state index contributed by atoms with van der Waals surface area (Å²) in [5.41, 5.74) is 0.661. The van der Waals surface area contributed by atoms with E-state index in [1.165, 1.54) is 18.2 Å². The molecule has 0 aliphatic carbocycles. The first-order chi connectivity index (χ1) is 11.9. The zero-order valence-electron chi connectivity index (χ0n) is 13.0. The molecule has 0 saturated carbocycles. The minimum absolute atomic E-state index is 0.164. The normalized spacial score (nSPS) is 12.9. The lowest BCUT2D eigenvalue weighted by molar-refractivity contribution is -0.166. The topological polar surface area (TPSA) is 39.1 Å². The molecule has 0 radical (unpaired) electrons. The smallest absolute Gasteiger partial charge is 0.334 e. The standard InChI is InChI=1S/C19H14F3NO2/c20-19(21,22)18(10-17(25)13-6-2-1-3-7-13)23-11-14(12-24)15-8-4-5-9-16(15)23/h1-9,11-12,18H,10H2. The highest BCUT2D eigenvalue weighted by Crippen LogP contribution is 2.37. The van der Waals surface area contributed by atoms with Crippen LogP contribution < -0.4 is 0 Å². The lowest BCUT2D eigenvalue weighted by Crippen LogP contribution is -2.28. The van der Waals surface area contributed by atoms with Gasteiger partial charge in [0.1, 0.15) is 6.04 Å². The van der Waals surface area contributed by atoms with Crippen molar-refractivity contribution in [1.29, 1.82) is 0 Å². The van der Waals surface area contributed by atoms with Gasteiger partial charge in [-0.15, -0.1) is 0 Å². The number of rotatable bonds is 5. The number of ketones is 1. The van der Waals surface area contributed by atoms with Crippen LogP contribution in [0, 0.1) is 0 Å². The van der Waals surface area contributed by atoms with E-state index in [1.54, 1.807) is 36.4 Å². The summed E-state index contributed by atoms with van der Waals surface area (Å²) in [6.07, 6.45) is -3.68. The molecular weight excluding hydrogens is 331 g/mol. The van der Waals surface area contributed by atoms with E-state index in [2.05, 4.69) is 0 Å². The fourth-order valence-electron chi connectivity index (χ4n) is 2.87. The van der Waals surface area contributed by atoms with E-state index in [9.17, 15) is 22.8 Å². The first kappa shape index (κ1) is 17.0. The molecule has 0 aliphatic heterocycles. The van der Waals surface area contributed by atoms with Crippen molar-refractivity contribution in [2.24, 2.45) is 0 Å². The van der Waals surface area contributed by atoms with E-state index in [1.807, 2.05) is 0 Å². The second-order valence-corrected chi connectivity index (χ2v) is 5.68. The number of carbonyl (C=O) groups excluding carboxylic acids is 2. The highest BCUT2D eigenvalue weighted by atomic mass is 19.4. The third-order valence-electron chi connectivity index (χ3n) is 4.09. The SMILES string of the molecule is O=Cc1cn(C(CC(=O)c2ccccc2)C(F)(F)F)c2ccccc12. The van der Waals surface area contributed by atoms with E-state index in [0.717, 1.165) is 10.8 Å². The van der Waals surface area contributed by atoms with Gasteiger partial charge in [0, 0.05) is 34.6 Å². The third-order valence-corrected chi connectivity index (χ3v) is 4.09. The number of benzene rings is 2. The van der Waals surface area contributed by atoms with Crippen LogP contribution in [0.15, 0.2) is 60.8 Å². The zero-order chi connectivity index (χ0) is 18.0. The number of carbonyl (C=O) groups is 2. The summed E-state index contributed by atoms with van der Waals surface area (Å²) in [6, 6.07) is 12.2. The number of aromatic nitrogens is 1. The van der Waals surface area contributed by atoms with E-state index < -0.39 is 24.4 Å². The van der Waals surface area contributed by atoms with Gasteiger partial charge in [-0.2, -0.15) is 13.2 Å². The Labute approximate surface area is 141 Å². The van der Waals surface area contributed by atoms with Crippen molar-refractivity contribution < 1.29 is 22.8 Å². The molecule has 128 valence electrons. The van der Waals surface area contributed by atoms with Gasteiger partial charge in [0.25, 0.3) is 0 Å². The van der Waals surface area contributed by atoms with Gasteiger partial charge in [0.05, 0.1) is 0 Å². The van der Waals surface area contributed by atoms with Crippen LogP contribution >= 0.6 is 0 Å². The summed E-state index contributed by atoms with van der Waals surface area (Å²) >= 11 is 0. The molecule has 2 aromatic carbocycles. The number of Topliss-reactive ketones (excluding diaryl/α,β-unsaturated/α-hetero) is 1. The molecule has 1 aromatic heterocycles. The molecule has 0 amide bonds. The highest BCUT2D eigenvalue weighted by Gasteiger charge is 2.43. The minimum atomic E-state index is -4.63. The fraction of sp³-hybridized carbons (Fsp3) is 0.158. The summed E-state index contributed by atoms with van der Waals surface area (Å²) in [7, 11) is 0. The summed E-state index contributed by atoms with van der Waals surface area (Å²) in [6.45, 7) is 0. The maximum atomic E-state index is 13.7. The minimum Gasteiger partial charge on any atom is -0.334 e. The third kappa shape index (κ3) is 3.33. The summed E-state index contributed by atoms with van der Waals surface area (Å²) in [5, 5.41) is 0.430. The average molecular weight is 345 g/mol. The molecule has 0 fully saturated rings. The highest BCUT2D eigenvalue weighted by molar-refractivity contribution is 5.98. The molecule has 0 N–H and O–H groups in total. The van der Waals surface area contributed by atoms with Crippen LogP contribution in [0.4, 0.5) is 13.2 Å². The number of halogens is 3. The quantitative estimate of drug-likeness (QED) is 0.491. The van der Waals surface area contributed by atoms with Crippen molar-refractivity contribution in [1.82, 2.24) is 4.57 Å². The summed E-state index contributed by atoms with van der Waals surface area (Å²) < 4.78 is 42.0. The number of para-hydroxylation sites is 1. The van der Waals surface area contributed by atoms with Gasteiger partial charge in [-0.25, -0.2) is 0 Å². The van der Waals surface area contributed by atoms with Crippen LogP contribution in [0.2, 0.25) is 0 Å². The Balaban J connectivity index is 2.06. The molecule has 3 aromatic rings. The Morgan fingerprint density at radius 1 is 1.04 bits per heavy atom. The molecule has 0 aliphatic rings. The van der Waals surface area contributed by atoms with E-state index in [4.69, 9.17) is 0 Å². The number of hydrogen-bond donors (Lipinski definition) is 0. The van der Waals surface area contributed by atoms with Crippen molar-refractivity contribution in [2.75, 3.05) is 0 Å². The first-order valence-electron chi connectivity index (χ1n) is 7.61. The van der Waals surface area contributed by atoms with Gasteiger partial charge < -0.3 is 4.57 Å². The largest absolute Gasteiger partial charge is 0.409 e. The van der Waals surface area contributed by atoms with Crippen LogP contribution in [0.1, 0.15) is 33.2 Å². The summed E-state index contributed by atoms with van der Waals surface area (Å²) in [5.74, 6) is -0.603. The van der Waals surface area contributed by atoms with Gasteiger partial charge in [-0.05, 0) is 6.07 Å². The van der Waals surface area contributed by atoms with Crippen molar-refractivity contribution in [3.05, 3.63) is 71.9 Å². The molecule has 1 unspecified atom stereocenters. The van der Waals surface area contributed by atoms with E-state index >= 15 is 0 Å². The van der Waals surface area contributed by atoms with E-state index in [0.29, 0.717) is 11.7 Å². The Hall–Kier alpha value is -2.89. The van der Waals surface area contributed by atoms with Crippen LogP contribution in [0.25, 0.3) is 10.9 Å². The number of aldehydes is 1. The number of alkyl halides is 3. The molecule has 0 saturated heterocycles. The lowest BCUT2D eigenvalue weighted by atomic mass is 10.0. The van der Waals surface area contributed by atoms with Crippen molar-refractivity contribution in [3.63, 3.8) is 0 Å². The molecule has 0 bridgehead atoms. The Kier molecular flexibility index (Phi) is 4.44. The second-order valence-electron chi connectivity index (χ2n) is 5.68. The lowest BCUT2D eigenvalue weighted by Gasteiger charge is -2.22.